The number of carbonyl (C=O) groups is 1. The molecule has 0 radical (unpaired) electrons. The summed E-state index contributed by atoms with van der Waals surface area (Å²) in [6, 6.07) is 13.2. The second kappa shape index (κ2) is 7.48. The van der Waals surface area contributed by atoms with Crippen LogP contribution in [0.1, 0.15) is 11.1 Å². The van der Waals surface area contributed by atoms with Crippen LogP contribution in [0.5, 0.6) is 5.75 Å². The summed E-state index contributed by atoms with van der Waals surface area (Å²) in [5.74, 6) is 0.908. The fourth-order valence-corrected chi connectivity index (χ4v) is 2.81. The van der Waals surface area contributed by atoms with Crippen molar-refractivity contribution in [2.24, 2.45) is 0 Å². The largest absolute Gasteiger partial charge is 0.496 e. The van der Waals surface area contributed by atoms with E-state index < -0.39 is 0 Å². The van der Waals surface area contributed by atoms with Crippen molar-refractivity contribution >= 4 is 27.9 Å². The fraction of sp³-hybridized carbons (Fsp3) is 0.167. The lowest BCUT2D eigenvalue weighted by molar-refractivity contribution is -0.115. The number of anilines is 1. The van der Waals surface area contributed by atoms with Crippen LogP contribution in [0, 0.1) is 6.92 Å². The van der Waals surface area contributed by atoms with Crippen LogP contribution in [0.3, 0.4) is 0 Å². The molecule has 0 saturated heterocycles. The molecule has 0 unspecified atom stereocenters. The molecule has 1 N–H and O–H groups in total. The lowest BCUT2D eigenvalue weighted by atomic mass is 10.1. The number of nitrogens with zero attached hydrogens (tertiary/aromatic N) is 2. The van der Waals surface area contributed by atoms with Gasteiger partial charge in [-0.15, -0.1) is 5.10 Å². The summed E-state index contributed by atoms with van der Waals surface area (Å²) >= 11 is 3.39. The van der Waals surface area contributed by atoms with Crippen LogP contribution in [-0.2, 0) is 11.2 Å². The van der Waals surface area contributed by atoms with Crippen LogP contribution in [0.2, 0.25) is 0 Å². The third kappa shape index (κ3) is 4.24. The summed E-state index contributed by atoms with van der Waals surface area (Å²) in [6.45, 7) is 1.93. The van der Waals surface area contributed by atoms with Gasteiger partial charge in [0.1, 0.15) is 5.75 Å². The van der Waals surface area contributed by atoms with E-state index in [1.807, 2.05) is 49.4 Å². The lowest BCUT2D eigenvalue weighted by Crippen LogP contribution is -2.14. The molecule has 1 heterocycles. The van der Waals surface area contributed by atoms with E-state index in [1.165, 1.54) is 0 Å². The van der Waals surface area contributed by atoms with Crippen molar-refractivity contribution in [3.63, 3.8) is 0 Å². The summed E-state index contributed by atoms with van der Waals surface area (Å²) in [5.41, 5.74) is 2.62. The third-order valence-electron chi connectivity index (χ3n) is 3.57. The van der Waals surface area contributed by atoms with E-state index >= 15 is 0 Å². The lowest BCUT2D eigenvalue weighted by Gasteiger charge is -2.07. The summed E-state index contributed by atoms with van der Waals surface area (Å²) in [5, 5.41) is 10.4. The molecule has 25 heavy (non-hydrogen) atoms. The van der Waals surface area contributed by atoms with Gasteiger partial charge < -0.3 is 9.15 Å². The van der Waals surface area contributed by atoms with Gasteiger partial charge in [-0.25, -0.2) is 0 Å². The van der Waals surface area contributed by atoms with Crippen LogP contribution < -0.4 is 10.1 Å². The SMILES string of the molecule is COc1ccc(CC(=O)Nc2nnc(-c3cccc(Br)c3)o2)cc1C. The number of benzene rings is 2. The molecule has 0 fully saturated rings. The van der Waals surface area contributed by atoms with Gasteiger partial charge in [-0.1, -0.05) is 39.2 Å². The molecule has 6 nitrogen and oxygen atoms in total. The molecule has 1 amide bonds. The summed E-state index contributed by atoms with van der Waals surface area (Å²) in [7, 11) is 1.62. The molecule has 3 aromatic rings. The Morgan fingerprint density at radius 2 is 2.08 bits per heavy atom. The molecular formula is C18H16BrN3O3. The molecule has 0 aliphatic rings. The minimum atomic E-state index is -0.228. The number of aryl methyl sites for hydroxylation is 1. The average Bonchev–Trinajstić information content (AvgIpc) is 3.03. The number of rotatable bonds is 5. The summed E-state index contributed by atoms with van der Waals surface area (Å²) in [4.78, 5) is 12.2. The fourth-order valence-electron chi connectivity index (χ4n) is 2.41. The Hall–Kier alpha value is -2.67. The highest BCUT2D eigenvalue weighted by Gasteiger charge is 2.12. The number of aromatic nitrogens is 2. The van der Waals surface area contributed by atoms with Crippen LogP contribution in [0.25, 0.3) is 11.5 Å². The second-order valence-corrected chi connectivity index (χ2v) is 6.37. The highest BCUT2D eigenvalue weighted by molar-refractivity contribution is 9.10. The van der Waals surface area contributed by atoms with Gasteiger partial charge in [0.15, 0.2) is 0 Å². The maximum Gasteiger partial charge on any atom is 0.322 e. The van der Waals surface area contributed by atoms with Crippen molar-refractivity contribution in [1.82, 2.24) is 10.2 Å². The number of hydrogen-bond acceptors (Lipinski definition) is 5. The van der Waals surface area contributed by atoms with Gasteiger partial charge in [-0.05, 0) is 42.3 Å². The predicted molar refractivity (Wildman–Crippen MR) is 97.5 cm³/mol. The molecule has 0 atom stereocenters. The van der Waals surface area contributed by atoms with E-state index in [-0.39, 0.29) is 18.3 Å². The van der Waals surface area contributed by atoms with Gasteiger partial charge in [0.25, 0.3) is 0 Å². The molecule has 0 aliphatic heterocycles. The van der Waals surface area contributed by atoms with E-state index in [1.54, 1.807) is 7.11 Å². The number of ether oxygens (including phenoxy) is 1. The van der Waals surface area contributed by atoms with Crippen molar-refractivity contribution in [2.75, 3.05) is 12.4 Å². The molecule has 3 rings (SSSR count). The predicted octanol–water partition coefficient (Wildman–Crippen LogP) is 4.00. The third-order valence-corrected chi connectivity index (χ3v) is 4.06. The summed E-state index contributed by atoms with van der Waals surface area (Å²) in [6.07, 6.45) is 0.208. The number of halogens is 1. The Kier molecular flexibility index (Phi) is 5.14. The van der Waals surface area contributed by atoms with Gasteiger partial charge in [0.05, 0.1) is 13.5 Å². The number of hydrogen-bond donors (Lipinski definition) is 1. The van der Waals surface area contributed by atoms with Crippen LogP contribution in [0.15, 0.2) is 51.4 Å². The highest BCUT2D eigenvalue weighted by atomic mass is 79.9. The van der Waals surface area contributed by atoms with Crippen molar-refractivity contribution in [3.05, 3.63) is 58.1 Å². The Bertz CT molecular complexity index is 908. The van der Waals surface area contributed by atoms with Crippen molar-refractivity contribution in [2.45, 2.75) is 13.3 Å². The first-order chi connectivity index (χ1) is 12.0. The minimum Gasteiger partial charge on any atom is -0.496 e. The van der Waals surface area contributed by atoms with E-state index in [2.05, 4.69) is 31.4 Å². The van der Waals surface area contributed by atoms with Gasteiger partial charge in [-0.2, -0.15) is 0 Å². The highest BCUT2D eigenvalue weighted by Crippen LogP contribution is 2.23. The first-order valence-corrected chi connectivity index (χ1v) is 8.37. The van der Waals surface area contributed by atoms with E-state index in [4.69, 9.17) is 9.15 Å². The Labute approximate surface area is 153 Å². The molecule has 2 aromatic carbocycles. The molecule has 7 heteroatoms. The molecule has 128 valence electrons. The zero-order valence-electron chi connectivity index (χ0n) is 13.7. The Morgan fingerprint density at radius 1 is 1.24 bits per heavy atom. The molecule has 0 saturated carbocycles. The topological polar surface area (TPSA) is 77.2 Å². The first-order valence-electron chi connectivity index (χ1n) is 7.58. The Morgan fingerprint density at radius 3 is 2.80 bits per heavy atom. The second-order valence-electron chi connectivity index (χ2n) is 5.45. The number of amides is 1. The number of nitrogens with one attached hydrogen (secondary N) is 1. The quantitative estimate of drug-likeness (QED) is 0.698. The molecule has 0 aliphatic carbocycles. The van der Waals surface area contributed by atoms with Crippen molar-refractivity contribution in [3.8, 4) is 17.2 Å². The number of methoxy groups -OCH3 is 1. The maximum absolute atomic E-state index is 12.2. The van der Waals surface area contributed by atoms with Gasteiger partial charge in [0, 0.05) is 10.0 Å². The van der Waals surface area contributed by atoms with Gasteiger partial charge >= 0.3 is 6.01 Å². The average molecular weight is 402 g/mol. The Balaban J connectivity index is 1.66. The molecule has 0 bridgehead atoms. The molecular weight excluding hydrogens is 386 g/mol. The maximum atomic E-state index is 12.2. The van der Waals surface area contributed by atoms with Gasteiger partial charge in [0.2, 0.25) is 11.8 Å². The summed E-state index contributed by atoms with van der Waals surface area (Å²) < 4.78 is 11.6. The van der Waals surface area contributed by atoms with Crippen LogP contribution in [0.4, 0.5) is 6.01 Å². The van der Waals surface area contributed by atoms with Crippen molar-refractivity contribution in [1.29, 1.82) is 0 Å². The normalized spacial score (nSPS) is 10.5. The van der Waals surface area contributed by atoms with E-state index in [0.29, 0.717) is 5.89 Å². The molecule has 0 spiro atoms. The van der Waals surface area contributed by atoms with E-state index in [9.17, 15) is 4.79 Å². The molecule has 1 aromatic heterocycles. The van der Waals surface area contributed by atoms with Gasteiger partial charge in [-0.3, -0.25) is 10.1 Å². The number of carbonyl (C=O) groups excluding carboxylic acids is 1. The zero-order chi connectivity index (χ0) is 17.8. The van der Waals surface area contributed by atoms with Crippen LogP contribution in [-0.4, -0.2) is 23.2 Å². The smallest absolute Gasteiger partial charge is 0.322 e. The monoisotopic (exact) mass is 401 g/mol. The van der Waals surface area contributed by atoms with Crippen LogP contribution >= 0.6 is 15.9 Å². The minimum absolute atomic E-state index is 0.0743. The standard InChI is InChI=1S/C18H16BrN3O3/c1-11-8-12(6-7-15(11)24-2)9-16(23)20-18-22-21-17(25-18)13-4-3-5-14(19)10-13/h3-8,10H,9H2,1-2H3,(H,20,22,23). The van der Waals surface area contributed by atoms with E-state index in [0.717, 1.165) is 26.9 Å². The first kappa shape index (κ1) is 17.2. The van der Waals surface area contributed by atoms with Crippen molar-refractivity contribution < 1.29 is 13.9 Å². The zero-order valence-corrected chi connectivity index (χ0v) is 15.3.